The Morgan fingerprint density at radius 2 is 1.82 bits per heavy atom. The van der Waals surface area contributed by atoms with Crippen molar-refractivity contribution in [2.75, 3.05) is 0 Å². The highest BCUT2D eigenvalue weighted by Gasteiger charge is 2.18. The van der Waals surface area contributed by atoms with E-state index in [1.807, 2.05) is 36.4 Å². The number of thiazole rings is 1. The lowest BCUT2D eigenvalue weighted by Gasteiger charge is -2.09. The van der Waals surface area contributed by atoms with Crippen molar-refractivity contribution in [1.29, 1.82) is 0 Å². The van der Waals surface area contributed by atoms with Gasteiger partial charge in [0.1, 0.15) is 17.6 Å². The summed E-state index contributed by atoms with van der Waals surface area (Å²) in [4.78, 5) is 19.4. The summed E-state index contributed by atoms with van der Waals surface area (Å²) >= 11 is 0.975. The number of halogens is 3. The lowest BCUT2D eigenvalue weighted by atomic mass is 10.0. The Labute approximate surface area is 162 Å². The molecule has 2 aromatic carbocycles. The van der Waals surface area contributed by atoms with Crippen LogP contribution in [0.2, 0.25) is 0 Å². The van der Waals surface area contributed by atoms with Crippen LogP contribution in [0.3, 0.4) is 0 Å². The predicted molar refractivity (Wildman–Crippen MR) is 102 cm³/mol. The first-order chi connectivity index (χ1) is 13.6. The Kier molecular flexibility index (Phi) is 4.92. The first-order valence-corrected chi connectivity index (χ1v) is 9.28. The summed E-state index contributed by atoms with van der Waals surface area (Å²) in [6.45, 7) is 0. The van der Waals surface area contributed by atoms with Crippen LogP contribution in [0.1, 0.15) is 16.1 Å². The largest absolute Gasteiger partial charge is 0.303 e. The molecule has 0 unspecified atom stereocenters. The van der Waals surface area contributed by atoms with Crippen LogP contribution in [0.4, 0.5) is 13.2 Å². The van der Waals surface area contributed by atoms with Gasteiger partial charge in [0.15, 0.2) is 11.6 Å². The van der Waals surface area contributed by atoms with Crippen LogP contribution in [0.5, 0.6) is 0 Å². The molecule has 0 bridgehead atoms. The molecule has 0 aliphatic rings. The lowest BCUT2D eigenvalue weighted by Crippen LogP contribution is -1.98. The Balaban J connectivity index is 1.81. The third-order valence-electron chi connectivity index (χ3n) is 4.29. The van der Waals surface area contributed by atoms with Crippen LogP contribution in [-0.4, -0.2) is 16.3 Å². The van der Waals surface area contributed by atoms with Crippen molar-refractivity contribution < 1.29 is 18.0 Å². The molecule has 0 spiro atoms. The molecule has 2 heterocycles. The maximum atomic E-state index is 14.0. The fraction of sp³-hybridized carbons (Fsp3) is 0.0952. The van der Waals surface area contributed by atoms with E-state index < -0.39 is 17.5 Å². The average molecular weight is 398 g/mol. The summed E-state index contributed by atoms with van der Waals surface area (Å²) in [5.74, 6) is -3.26. The topological polar surface area (TPSA) is 42.9 Å². The molecule has 0 atom stereocenters. The Hall–Kier alpha value is -3.06. The predicted octanol–water partition coefficient (Wildman–Crippen LogP) is 5.11. The molecule has 4 aromatic rings. The van der Waals surface area contributed by atoms with E-state index in [0.717, 1.165) is 34.3 Å². The molecule has 0 N–H and O–H groups in total. The number of hydrogen-bond donors (Lipinski definition) is 0. The smallest absolute Gasteiger partial charge is 0.186 e. The number of hydrogen-bond acceptors (Lipinski definition) is 4. The van der Waals surface area contributed by atoms with E-state index in [2.05, 4.69) is 9.97 Å². The monoisotopic (exact) mass is 398 g/mol. The summed E-state index contributed by atoms with van der Waals surface area (Å²) in [6, 6.07) is 11.8. The van der Waals surface area contributed by atoms with Crippen molar-refractivity contribution in [2.24, 2.45) is 0 Å². The van der Waals surface area contributed by atoms with E-state index >= 15 is 0 Å². The minimum Gasteiger partial charge on any atom is -0.303 e. The van der Waals surface area contributed by atoms with Gasteiger partial charge in [-0.2, -0.15) is 0 Å². The van der Waals surface area contributed by atoms with Crippen molar-refractivity contribution in [2.45, 2.75) is 12.8 Å². The Bertz CT molecular complexity index is 1180. The summed E-state index contributed by atoms with van der Waals surface area (Å²) in [5.41, 5.74) is 2.76. The standard InChI is InChI=1S/C21H13F3N2OS/c22-15-10-16(23)21-20(18(15)24)26-17(28-21)9-14-8-12(6-7-27)11-25-19(14)13-4-2-1-3-5-13/h1-5,7-8,10-11H,6,9H2. The molecular formula is C21H13F3N2OS. The fourth-order valence-corrected chi connectivity index (χ4v) is 4.01. The van der Waals surface area contributed by atoms with Crippen LogP contribution in [0, 0.1) is 17.5 Å². The average Bonchev–Trinajstić information content (AvgIpc) is 3.12. The SMILES string of the molecule is O=CCc1cnc(-c2ccccc2)c(Cc2nc3c(F)c(F)cc(F)c3s2)c1. The molecule has 0 saturated carbocycles. The highest BCUT2D eigenvalue weighted by Crippen LogP contribution is 2.32. The highest BCUT2D eigenvalue weighted by molar-refractivity contribution is 7.18. The van der Waals surface area contributed by atoms with Crippen LogP contribution in [0.15, 0.2) is 48.7 Å². The highest BCUT2D eigenvalue weighted by atomic mass is 32.1. The summed E-state index contributed by atoms with van der Waals surface area (Å²) in [6.07, 6.45) is 2.88. The van der Waals surface area contributed by atoms with Crippen molar-refractivity contribution in [3.05, 3.63) is 82.2 Å². The molecule has 7 heteroatoms. The first kappa shape index (κ1) is 18.3. The zero-order valence-corrected chi connectivity index (χ0v) is 15.3. The van der Waals surface area contributed by atoms with E-state index in [1.165, 1.54) is 0 Å². The molecule has 0 amide bonds. The molecular weight excluding hydrogens is 385 g/mol. The maximum absolute atomic E-state index is 14.0. The van der Waals surface area contributed by atoms with E-state index in [0.29, 0.717) is 16.8 Å². The summed E-state index contributed by atoms with van der Waals surface area (Å²) < 4.78 is 41.4. The van der Waals surface area contributed by atoms with Crippen molar-refractivity contribution in [1.82, 2.24) is 9.97 Å². The number of pyridine rings is 1. The summed E-state index contributed by atoms with van der Waals surface area (Å²) in [5, 5.41) is 0.431. The lowest BCUT2D eigenvalue weighted by molar-refractivity contribution is -0.107. The normalized spacial score (nSPS) is 11.1. The van der Waals surface area contributed by atoms with E-state index in [9.17, 15) is 18.0 Å². The Morgan fingerprint density at radius 1 is 1.04 bits per heavy atom. The van der Waals surface area contributed by atoms with Gasteiger partial charge in [0, 0.05) is 30.7 Å². The van der Waals surface area contributed by atoms with Crippen molar-refractivity contribution in [3.8, 4) is 11.3 Å². The number of aromatic nitrogens is 2. The van der Waals surface area contributed by atoms with Crippen molar-refractivity contribution >= 4 is 27.8 Å². The molecule has 140 valence electrons. The zero-order valence-electron chi connectivity index (χ0n) is 14.5. The Morgan fingerprint density at radius 3 is 2.57 bits per heavy atom. The number of aldehydes is 1. The molecule has 0 fully saturated rings. The molecule has 0 aliphatic carbocycles. The third-order valence-corrected chi connectivity index (χ3v) is 5.35. The minimum atomic E-state index is -1.26. The van der Waals surface area contributed by atoms with Gasteiger partial charge in [-0.25, -0.2) is 18.2 Å². The van der Waals surface area contributed by atoms with Crippen LogP contribution >= 0.6 is 11.3 Å². The minimum absolute atomic E-state index is 0.0211. The molecule has 0 aliphatic heterocycles. The number of carbonyl (C=O) groups is 1. The van der Waals surface area contributed by atoms with E-state index in [4.69, 9.17) is 0 Å². The zero-order chi connectivity index (χ0) is 19.7. The van der Waals surface area contributed by atoms with Gasteiger partial charge in [-0.1, -0.05) is 36.4 Å². The second-order valence-electron chi connectivity index (χ2n) is 6.20. The van der Waals surface area contributed by atoms with E-state index in [-0.39, 0.29) is 23.1 Å². The second kappa shape index (κ2) is 7.52. The van der Waals surface area contributed by atoms with Crippen molar-refractivity contribution in [3.63, 3.8) is 0 Å². The van der Waals surface area contributed by atoms with Gasteiger partial charge in [-0.15, -0.1) is 11.3 Å². The molecule has 4 rings (SSSR count). The van der Waals surface area contributed by atoms with Gasteiger partial charge in [0.05, 0.1) is 15.4 Å². The molecule has 28 heavy (non-hydrogen) atoms. The van der Waals surface area contributed by atoms with Crippen LogP contribution in [0.25, 0.3) is 21.5 Å². The van der Waals surface area contributed by atoms with Gasteiger partial charge < -0.3 is 4.79 Å². The quantitative estimate of drug-likeness (QED) is 0.347. The van der Waals surface area contributed by atoms with Crippen LogP contribution in [-0.2, 0) is 17.6 Å². The fourth-order valence-electron chi connectivity index (χ4n) is 3.03. The van der Waals surface area contributed by atoms with Gasteiger partial charge in [-0.3, -0.25) is 4.98 Å². The molecule has 0 radical (unpaired) electrons. The van der Waals surface area contributed by atoms with Gasteiger partial charge in [-0.05, 0) is 11.1 Å². The van der Waals surface area contributed by atoms with Crippen LogP contribution < -0.4 is 0 Å². The number of fused-ring (bicyclic) bond motifs is 1. The number of nitrogens with zero attached hydrogens (tertiary/aromatic N) is 2. The second-order valence-corrected chi connectivity index (χ2v) is 7.29. The number of benzene rings is 2. The summed E-state index contributed by atoms with van der Waals surface area (Å²) in [7, 11) is 0. The molecule has 0 saturated heterocycles. The third kappa shape index (κ3) is 3.41. The first-order valence-electron chi connectivity index (χ1n) is 8.46. The molecule has 3 nitrogen and oxygen atoms in total. The van der Waals surface area contributed by atoms with E-state index in [1.54, 1.807) is 6.20 Å². The van der Waals surface area contributed by atoms with Gasteiger partial charge in [0.25, 0.3) is 0 Å². The molecule has 2 aromatic heterocycles. The maximum Gasteiger partial charge on any atom is 0.186 e. The number of carbonyl (C=O) groups excluding carboxylic acids is 1. The number of rotatable bonds is 5. The van der Waals surface area contributed by atoms with Gasteiger partial charge in [0.2, 0.25) is 0 Å². The van der Waals surface area contributed by atoms with Gasteiger partial charge >= 0.3 is 0 Å².